The highest BCUT2D eigenvalue weighted by Crippen LogP contribution is 2.27. The van der Waals surface area contributed by atoms with Crippen LogP contribution in [0.1, 0.15) is 10.5 Å². The Morgan fingerprint density at radius 3 is 2.65 bits per heavy atom. The average Bonchev–Trinajstić information content (AvgIpc) is 2.89. The second-order valence-corrected chi connectivity index (χ2v) is 5.04. The molecule has 20 heavy (non-hydrogen) atoms. The fourth-order valence-corrected chi connectivity index (χ4v) is 2.67. The number of halogens is 1. The van der Waals surface area contributed by atoms with E-state index in [2.05, 4.69) is 20.9 Å². The van der Waals surface area contributed by atoms with E-state index in [0.717, 1.165) is 15.9 Å². The Kier molecular flexibility index (Phi) is 3.28. The Hall–Kier alpha value is -2.14. The van der Waals surface area contributed by atoms with Gasteiger partial charge in [-0.05, 0) is 28.1 Å². The van der Waals surface area contributed by atoms with Crippen molar-refractivity contribution >= 4 is 27.4 Å². The van der Waals surface area contributed by atoms with Crippen LogP contribution < -0.4 is 0 Å². The molecule has 100 valence electrons. The van der Waals surface area contributed by atoms with Gasteiger partial charge in [-0.25, -0.2) is 9.78 Å². The van der Waals surface area contributed by atoms with E-state index >= 15 is 0 Å². The minimum absolute atomic E-state index is 0.304. The highest BCUT2D eigenvalue weighted by atomic mass is 79.9. The summed E-state index contributed by atoms with van der Waals surface area (Å²) in [6, 6.07) is 13.6. The smallest absolute Gasteiger partial charge is 0.358 e. The number of methoxy groups -OCH3 is 1. The molecule has 5 heteroatoms. The predicted octanol–water partition coefficient (Wildman–Crippen LogP) is 3.55. The molecule has 0 aliphatic carbocycles. The van der Waals surface area contributed by atoms with Gasteiger partial charge in [0.25, 0.3) is 0 Å². The summed E-state index contributed by atoms with van der Waals surface area (Å²) in [5.41, 5.74) is 2.95. The van der Waals surface area contributed by atoms with Crippen LogP contribution in [0.3, 0.4) is 0 Å². The zero-order valence-corrected chi connectivity index (χ0v) is 12.3. The fraction of sp³-hybridized carbons (Fsp3) is 0.0667. The number of hydrogen-bond donors (Lipinski definition) is 0. The number of aromatic nitrogens is 2. The molecule has 0 N–H and O–H groups in total. The highest BCUT2D eigenvalue weighted by Gasteiger charge is 2.17. The second-order valence-electron chi connectivity index (χ2n) is 4.23. The molecule has 0 bridgehead atoms. The lowest BCUT2D eigenvalue weighted by Gasteiger charge is -2.09. The summed E-state index contributed by atoms with van der Waals surface area (Å²) in [5, 5.41) is 0. The van der Waals surface area contributed by atoms with Gasteiger partial charge in [0.1, 0.15) is 0 Å². The molecule has 2 heterocycles. The molecule has 0 aliphatic heterocycles. The molecular formula is C15H11BrN2O2. The lowest BCUT2D eigenvalue weighted by Crippen LogP contribution is -2.08. The van der Waals surface area contributed by atoms with Crippen molar-refractivity contribution in [3.63, 3.8) is 0 Å². The number of carbonyl (C=O) groups is 1. The van der Waals surface area contributed by atoms with Gasteiger partial charge in [0.05, 0.1) is 29.1 Å². The van der Waals surface area contributed by atoms with Crippen molar-refractivity contribution in [2.75, 3.05) is 7.11 Å². The molecular weight excluding hydrogens is 320 g/mol. The summed E-state index contributed by atoms with van der Waals surface area (Å²) in [6.45, 7) is 0. The zero-order chi connectivity index (χ0) is 14.1. The minimum atomic E-state index is -0.444. The SMILES string of the molecule is COC(=O)c1ncc(-c2ccccc2)n2c(Br)ccc12. The molecule has 1 aromatic carbocycles. The lowest BCUT2D eigenvalue weighted by molar-refractivity contribution is 0.0596. The summed E-state index contributed by atoms with van der Waals surface area (Å²) in [4.78, 5) is 16.0. The Bertz CT molecular complexity index is 781. The average molecular weight is 331 g/mol. The van der Waals surface area contributed by atoms with Crippen molar-refractivity contribution in [3.8, 4) is 11.3 Å². The molecule has 0 unspecified atom stereocenters. The van der Waals surface area contributed by atoms with E-state index in [9.17, 15) is 4.79 Å². The maximum atomic E-state index is 11.8. The summed E-state index contributed by atoms with van der Waals surface area (Å²) < 4.78 is 7.57. The first-order chi connectivity index (χ1) is 9.72. The topological polar surface area (TPSA) is 43.6 Å². The molecule has 0 radical (unpaired) electrons. The van der Waals surface area contributed by atoms with Crippen molar-refractivity contribution in [1.29, 1.82) is 0 Å². The van der Waals surface area contributed by atoms with Crippen LogP contribution in [0.2, 0.25) is 0 Å². The first kappa shape index (κ1) is 12.9. The van der Waals surface area contributed by atoms with Crippen LogP contribution >= 0.6 is 15.9 Å². The van der Waals surface area contributed by atoms with E-state index in [0.29, 0.717) is 11.2 Å². The third-order valence-corrected chi connectivity index (χ3v) is 3.70. The molecule has 0 fully saturated rings. The van der Waals surface area contributed by atoms with Gasteiger partial charge in [-0.15, -0.1) is 0 Å². The molecule has 0 atom stereocenters. The van der Waals surface area contributed by atoms with Crippen LogP contribution in [-0.2, 0) is 4.74 Å². The van der Waals surface area contributed by atoms with E-state index < -0.39 is 5.97 Å². The van der Waals surface area contributed by atoms with Gasteiger partial charge in [-0.3, -0.25) is 4.40 Å². The van der Waals surface area contributed by atoms with E-state index in [1.54, 1.807) is 6.20 Å². The number of esters is 1. The summed E-state index contributed by atoms with van der Waals surface area (Å²) >= 11 is 3.50. The van der Waals surface area contributed by atoms with Crippen LogP contribution in [0.25, 0.3) is 16.8 Å². The first-order valence-corrected chi connectivity index (χ1v) is 6.81. The quantitative estimate of drug-likeness (QED) is 0.675. The Balaban J connectivity index is 2.31. The lowest BCUT2D eigenvalue weighted by atomic mass is 10.1. The van der Waals surface area contributed by atoms with Crippen LogP contribution in [0.15, 0.2) is 53.3 Å². The number of nitrogens with zero attached hydrogens (tertiary/aromatic N) is 2. The van der Waals surface area contributed by atoms with Crippen LogP contribution in [0, 0.1) is 0 Å². The molecule has 3 aromatic rings. The van der Waals surface area contributed by atoms with E-state index in [1.165, 1.54) is 7.11 Å². The molecule has 0 aliphatic rings. The van der Waals surface area contributed by atoms with Gasteiger partial charge in [0.15, 0.2) is 5.69 Å². The van der Waals surface area contributed by atoms with E-state index in [-0.39, 0.29) is 0 Å². The Morgan fingerprint density at radius 1 is 1.20 bits per heavy atom. The fourth-order valence-electron chi connectivity index (χ4n) is 2.16. The van der Waals surface area contributed by atoms with Crippen molar-refractivity contribution in [2.45, 2.75) is 0 Å². The molecule has 0 saturated heterocycles. The monoisotopic (exact) mass is 330 g/mol. The van der Waals surface area contributed by atoms with Gasteiger partial charge >= 0.3 is 5.97 Å². The van der Waals surface area contributed by atoms with E-state index in [4.69, 9.17) is 4.74 Å². The molecule has 0 saturated carbocycles. The maximum Gasteiger partial charge on any atom is 0.358 e. The largest absolute Gasteiger partial charge is 0.464 e. The second kappa shape index (κ2) is 5.09. The van der Waals surface area contributed by atoms with Gasteiger partial charge < -0.3 is 4.74 Å². The van der Waals surface area contributed by atoms with Crippen LogP contribution in [0.4, 0.5) is 0 Å². The standard InChI is InChI=1S/C15H11BrN2O2/c1-20-15(19)14-11-7-8-13(16)18(11)12(9-17-14)10-5-3-2-4-6-10/h2-9H,1H3. The molecule has 3 rings (SSSR count). The molecule has 0 amide bonds. The first-order valence-electron chi connectivity index (χ1n) is 6.02. The minimum Gasteiger partial charge on any atom is -0.464 e. The summed E-state index contributed by atoms with van der Waals surface area (Å²) in [6.07, 6.45) is 1.68. The van der Waals surface area contributed by atoms with Crippen LogP contribution in [-0.4, -0.2) is 22.5 Å². The van der Waals surface area contributed by atoms with Gasteiger partial charge in [0, 0.05) is 5.56 Å². The Labute approximate surface area is 124 Å². The molecule has 4 nitrogen and oxygen atoms in total. The summed E-state index contributed by atoms with van der Waals surface area (Å²) in [5.74, 6) is -0.444. The number of ether oxygens (including phenoxy) is 1. The van der Waals surface area contributed by atoms with Crippen molar-refractivity contribution < 1.29 is 9.53 Å². The van der Waals surface area contributed by atoms with Crippen LogP contribution in [0.5, 0.6) is 0 Å². The normalized spacial score (nSPS) is 10.7. The van der Waals surface area contributed by atoms with E-state index in [1.807, 2.05) is 46.9 Å². The maximum absolute atomic E-state index is 11.8. The van der Waals surface area contributed by atoms with Gasteiger partial charge in [0.2, 0.25) is 0 Å². The van der Waals surface area contributed by atoms with Gasteiger partial charge in [-0.2, -0.15) is 0 Å². The predicted molar refractivity (Wildman–Crippen MR) is 79.7 cm³/mol. The number of carbonyl (C=O) groups excluding carboxylic acids is 1. The third-order valence-electron chi connectivity index (χ3n) is 3.08. The number of fused-ring (bicyclic) bond motifs is 1. The summed E-state index contributed by atoms with van der Waals surface area (Å²) in [7, 11) is 1.35. The Morgan fingerprint density at radius 2 is 1.95 bits per heavy atom. The number of hydrogen-bond acceptors (Lipinski definition) is 3. The van der Waals surface area contributed by atoms with Crippen molar-refractivity contribution in [1.82, 2.24) is 9.38 Å². The third kappa shape index (κ3) is 2.00. The molecule has 2 aromatic heterocycles. The molecule has 0 spiro atoms. The number of rotatable bonds is 2. The zero-order valence-electron chi connectivity index (χ0n) is 10.7. The van der Waals surface area contributed by atoms with Crippen molar-refractivity contribution in [3.05, 3.63) is 59.0 Å². The highest BCUT2D eigenvalue weighted by molar-refractivity contribution is 9.10. The van der Waals surface area contributed by atoms with Gasteiger partial charge in [-0.1, -0.05) is 30.3 Å². The number of benzene rings is 1. The van der Waals surface area contributed by atoms with Crippen molar-refractivity contribution in [2.24, 2.45) is 0 Å².